The van der Waals surface area contributed by atoms with Crippen molar-refractivity contribution in [2.75, 3.05) is 30.6 Å². The van der Waals surface area contributed by atoms with Gasteiger partial charge in [-0.1, -0.05) is 17.7 Å². The fourth-order valence-electron chi connectivity index (χ4n) is 2.69. The molecule has 1 atom stereocenters. The van der Waals surface area contributed by atoms with E-state index in [0.717, 1.165) is 11.3 Å². The molecule has 0 fully saturated rings. The third kappa shape index (κ3) is 6.03. The molecule has 162 valence electrons. The number of hydrogen-bond acceptors (Lipinski definition) is 8. The van der Waals surface area contributed by atoms with Crippen LogP contribution in [0.1, 0.15) is 21.7 Å². The van der Waals surface area contributed by atoms with E-state index in [1.165, 1.54) is 12.5 Å². The normalized spacial score (nSPS) is 11.6. The average molecular weight is 460 g/mol. The summed E-state index contributed by atoms with van der Waals surface area (Å²) in [5.41, 5.74) is 2.03. The number of amides is 1. The Morgan fingerprint density at radius 3 is 2.58 bits per heavy atom. The number of nitrogens with one attached hydrogen (secondary N) is 2. The number of carbonyl (C=O) groups is 1. The maximum Gasteiger partial charge on any atom is 0.344 e. The van der Waals surface area contributed by atoms with Gasteiger partial charge in [0.15, 0.2) is 0 Å². The Bertz CT molecular complexity index is 1050. The molecule has 0 radical (unpaired) electrons. The van der Waals surface area contributed by atoms with Gasteiger partial charge in [-0.15, -0.1) is 0 Å². The van der Waals surface area contributed by atoms with Crippen molar-refractivity contribution in [2.45, 2.75) is 18.2 Å². The summed E-state index contributed by atoms with van der Waals surface area (Å²) in [4.78, 5) is 31.1. The SMILES string of the molecule is CN(C)c1ccc(CNc2nc([S+](C)[O-])ncc2C(=O)NCc2ncccn2)cc1Cl. The monoisotopic (exact) mass is 459 g/mol. The second kappa shape index (κ2) is 10.4. The second-order valence-corrected chi connectivity index (χ2v) is 8.43. The average Bonchev–Trinajstić information content (AvgIpc) is 2.76. The third-order valence-electron chi connectivity index (χ3n) is 4.25. The molecular weight excluding hydrogens is 438 g/mol. The van der Waals surface area contributed by atoms with E-state index in [9.17, 15) is 9.35 Å². The number of hydrogen-bond donors (Lipinski definition) is 2. The maximum absolute atomic E-state index is 12.7. The van der Waals surface area contributed by atoms with Gasteiger partial charge in [0.05, 0.1) is 23.5 Å². The van der Waals surface area contributed by atoms with E-state index in [4.69, 9.17) is 11.6 Å². The van der Waals surface area contributed by atoms with Crippen molar-refractivity contribution in [3.05, 3.63) is 64.8 Å². The number of carbonyl (C=O) groups excluding carboxylic acids is 1. The van der Waals surface area contributed by atoms with E-state index in [-0.39, 0.29) is 23.1 Å². The molecule has 0 aliphatic carbocycles. The van der Waals surface area contributed by atoms with Crippen molar-refractivity contribution in [2.24, 2.45) is 0 Å². The van der Waals surface area contributed by atoms with E-state index in [0.29, 0.717) is 17.4 Å². The van der Waals surface area contributed by atoms with Gasteiger partial charge in [0.1, 0.15) is 23.5 Å². The molecule has 2 heterocycles. The highest BCUT2D eigenvalue weighted by molar-refractivity contribution is 7.90. The molecule has 3 rings (SSSR count). The first-order chi connectivity index (χ1) is 14.8. The Labute approximate surface area is 188 Å². The van der Waals surface area contributed by atoms with Crippen molar-refractivity contribution in [1.29, 1.82) is 0 Å². The molecule has 1 aromatic carbocycles. The van der Waals surface area contributed by atoms with Gasteiger partial charge in [0, 0.05) is 44.2 Å². The van der Waals surface area contributed by atoms with Gasteiger partial charge in [-0.3, -0.25) is 4.79 Å². The summed E-state index contributed by atoms with van der Waals surface area (Å²) < 4.78 is 11.8. The van der Waals surface area contributed by atoms with Crippen molar-refractivity contribution < 1.29 is 9.35 Å². The van der Waals surface area contributed by atoms with E-state index >= 15 is 0 Å². The minimum Gasteiger partial charge on any atom is -0.609 e. The topological polar surface area (TPSA) is 119 Å². The quantitative estimate of drug-likeness (QED) is 0.389. The lowest BCUT2D eigenvalue weighted by Gasteiger charge is -2.16. The molecule has 2 aromatic heterocycles. The molecule has 11 heteroatoms. The Morgan fingerprint density at radius 1 is 1.19 bits per heavy atom. The smallest absolute Gasteiger partial charge is 0.344 e. The Hall–Kier alpha value is -2.95. The van der Waals surface area contributed by atoms with Gasteiger partial charge in [-0.05, 0) is 23.8 Å². The zero-order chi connectivity index (χ0) is 22.4. The molecule has 0 spiro atoms. The van der Waals surface area contributed by atoms with E-state index < -0.39 is 17.1 Å². The van der Waals surface area contributed by atoms with Gasteiger partial charge in [-0.2, -0.15) is 9.97 Å². The Balaban J connectivity index is 1.78. The molecule has 1 amide bonds. The number of nitrogens with zero attached hydrogens (tertiary/aromatic N) is 5. The van der Waals surface area contributed by atoms with Crippen LogP contribution in [-0.4, -0.2) is 50.7 Å². The van der Waals surface area contributed by atoms with Crippen LogP contribution in [0.2, 0.25) is 5.02 Å². The summed E-state index contributed by atoms with van der Waals surface area (Å²) in [6, 6.07) is 7.39. The number of aromatic nitrogens is 4. The molecular formula is C20H22ClN7O2S. The highest BCUT2D eigenvalue weighted by atomic mass is 35.5. The highest BCUT2D eigenvalue weighted by Gasteiger charge is 2.19. The zero-order valence-corrected chi connectivity index (χ0v) is 18.9. The lowest BCUT2D eigenvalue weighted by molar-refractivity contribution is 0.0949. The van der Waals surface area contributed by atoms with Crippen molar-refractivity contribution in [3.63, 3.8) is 0 Å². The van der Waals surface area contributed by atoms with Crippen LogP contribution in [0.25, 0.3) is 0 Å². The molecule has 1 unspecified atom stereocenters. The van der Waals surface area contributed by atoms with E-state index in [1.807, 2.05) is 37.2 Å². The summed E-state index contributed by atoms with van der Waals surface area (Å²) >= 11 is 4.95. The summed E-state index contributed by atoms with van der Waals surface area (Å²) in [5.74, 6) is 0.358. The summed E-state index contributed by atoms with van der Waals surface area (Å²) in [5, 5.41) is 6.62. The molecule has 3 aromatic rings. The standard InChI is InChI=1S/C20H22ClN7O2S/c1-28(2)16-6-5-13(9-15(16)21)10-24-18-14(11-26-20(27-18)31(3)30)19(29)25-12-17-22-7-4-8-23-17/h4-9,11H,10,12H2,1-3H3,(H,25,29)(H,24,26,27). The van der Waals surface area contributed by atoms with Crippen LogP contribution in [0.4, 0.5) is 11.5 Å². The minimum absolute atomic E-state index is 0.131. The Kier molecular flexibility index (Phi) is 7.61. The fourth-order valence-corrected chi connectivity index (χ4v) is 3.48. The van der Waals surface area contributed by atoms with Crippen molar-refractivity contribution >= 4 is 40.2 Å². The molecule has 0 aliphatic rings. The molecule has 0 saturated carbocycles. The lowest BCUT2D eigenvalue weighted by Crippen LogP contribution is -2.26. The minimum atomic E-state index is -1.39. The maximum atomic E-state index is 12.7. The molecule has 0 bridgehead atoms. The van der Waals surface area contributed by atoms with Crippen LogP contribution < -0.4 is 15.5 Å². The lowest BCUT2D eigenvalue weighted by atomic mass is 10.2. The van der Waals surface area contributed by atoms with Crippen LogP contribution in [0.3, 0.4) is 0 Å². The van der Waals surface area contributed by atoms with Gasteiger partial charge in [0.2, 0.25) is 0 Å². The van der Waals surface area contributed by atoms with Crippen LogP contribution in [0, 0.1) is 0 Å². The van der Waals surface area contributed by atoms with Crippen LogP contribution in [0.15, 0.2) is 48.0 Å². The van der Waals surface area contributed by atoms with Gasteiger partial charge < -0.3 is 20.1 Å². The predicted octanol–water partition coefficient (Wildman–Crippen LogP) is 2.27. The van der Waals surface area contributed by atoms with Crippen molar-refractivity contribution in [1.82, 2.24) is 25.3 Å². The van der Waals surface area contributed by atoms with Crippen molar-refractivity contribution in [3.8, 4) is 0 Å². The van der Waals surface area contributed by atoms with Crippen LogP contribution >= 0.6 is 11.6 Å². The second-order valence-electron chi connectivity index (χ2n) is 6.75. The molecule has 2 N–H and O–H groups in total. The number of rotatable bonds is 8. The molecule has 0 saturated heterocycles. The van der Waals surface area contributed by atoms with E-state index in [2.05, 4.69) is 30.6 Å². The first kappa shape index (κ1) is 22.7. The van der Waals surface area contributed by atoms with Crippen LogP contribution in [-0.2, 0) is 24.3 Å². The van der Waals surface area contributed by atoms with Gasteiger partial charge >= 0.3 is 5.16 Å². The number of benzene rings is 1. The van der Waals surface area contributed by atoms with Crippen LogP contribution in [0.5, 0.6) is 0 Å². The molecule has 31 heavy (non-hydrogen) atoms. The van der Waals surface area contributed by atoms with Gasteiger partial charge in [-0.25, -0.2) is 9.97 Å². The Morgan fingerprint density at radius 2 is 1.94 bits per heavy atom. The summed E-state index contributed by atoms with van der Waals surface area (Å²) in [6.45, 7) is 0.518. The molecule has 0 aliphatic heterocycles. The number of anilines is 2. The zero-order valence-electron chi connectivity index (χ0n) is 17.3. The van der Waals surface area contributed by atoms with Gasteiger partial charge in [0.25, 0.3) is 5.91 Å². The largest absolute Gasteiger partial charge is 0.609 e. The first-order valence-corrected chi connectivity index (χ1v) is 11.2. The summed E-state index contributed by atoms with van der Waals surface area (Å²) in [6.07, 6.45) is 6.03. The van der Waals surface area contributed by atoms with E-state index in [1.54, 1.807) is 18.5 Å². The fraction of sp³-hybridized carbons (Fsp3) is 0.250. The molecule has 9 nitrogen and oxygen atoms in total. The third-order valence-corrected chi connectivity index (χ3v) is 5.26. The number of halogens is 1. The highest BCUT2D eigenvalue weighted by Crippen LogP contribution is 2.25. The first-order valence-electron chi connectivity index (χ1n) is 9.29. The summed E-state index contributed by atoms with van der Waals surface area (Å²) in [7, 11) is 3.83. The predicted molar refractivity (Wildman–Crippen MR) is 121 cm³/mol.